The van der Waals surface area contributed by atoms with Crippen molar-refractivity contribution < 1.29 is 9.84 Å². The third-order valence-corrected chi connectivity index (χ3v) is 2.76. The van der Waals surface area contributed by atoms with Crippen LogP contribution in [0.4, 0.5) is 0 Å². The molecule has 1 aliphatic rings. The number of methoxy groups -OCH3 is 1. The zero-order chi connectivity index (χ0) is 8.32. The summed E-state index contributed by atoms with van der Waals surface area (Å²) >= 11 is 0. The van der Waals surface area contributed by atoms with Crippen molar-refractivity contribution in [2.45, 2.75) is 31.7 Å². The topological polar surface area (TPSA) is 29.5 Å². The first-order chi connectivity index (χ1) is 5.26. The summed E-state index contributed by atoms with van der Waals surface area (Å²) in [4.78, 5) is 0. The van der Waals surface area contributed by atoms with E-state index in [2.05, 4.69) is 0 Å². The van der Waals surface area contributed by atoms with Gasteiger partial charge in [-0.1, -0.05) is 6.32 Å². The maximum atomic E-state index is 9.09. The van der Waals surface area contributed by atoms with Gasteiger partial charge in [0.05, 0.1) is 14.0 Å². The van der Waals surface area contributed by atoms with Gasteiger partial charge in [0.25, 0.3) is 0 Å². The monoisotopic (exact) mass is 154 g/mol. The molecule has 2 atom stereocenters. The van der Waals surface area contributed by atoms with Gasteiger partial charge >= 0.3 is 0 Å². The Morgan fingerprint density at radius 2 is 2.45 bits per heavy atom. The van der Waals surface area contributed by atoms with Crippen molar-refractivity contribution in [3.05, 3.63) is 0 Å². The summed E-state index contributed by atoms with van der Waals surface area (Å²) in [7, 11) is 7.30. The third-order valence-electron chi connectivity index (χ3n) is 2.76. The maximum Gasteiger partial charge on any atom is 0.0661 e. The predicted octanol–water partition coefficient (Wildman–Crippen LogP) is 0.751. The summed E-state index contributed by atoms with van der Waals surface area (Å²) in [6.07, 6.45) is 3.83. The molecule has 1 fully saturated rings. The van der Waals surface area contributed by atoms with Crippen LogP contribution in [0, 0.1) is 5.41 Å². The van der Waals surface area contributed by atoms with E-state index >= 15 is 0 Å². The number of ether oxygens (including phenoxy) is 1. The normalized spacial score (nSPS) is 37.8. The van der Waals surface area contributed by atoms with E-state index in [4.69, 9.17) is 17.7 Å². The highest BCUT2D eigenvalue weighted by Gasteiger charge is 2.36. The zero-order valence-electron chi connectivity index (χ0n) is 7.05. The number of hydrogen-bond donors (Lipinski definition) is 1. The molecule has 0 aliphatic heterocycles. The van der Waals surface area contributed by atoms with Gasteiger partial charge in [-0.15, -0.1) is 0 Å². The van der Waals surface area contributed by atoms with E-state index in [1.54, 1.807) is 7.11 Å². The Morgan fingerprint density at radius 3 is 2.73 bits per heavy atom. The average molecular weight is 154 g/mol. The number of hydrogen-bond acceptors (Lipinski definition) is 2. The molecule has 62 valence electrons. The van der Waals surface area contributed by atoms with Crippen LogP contribution in [0.1, 0.15) is 19.3 Å². The Hall–Kier alpha value is -0.0151. The molecule has 1 unspecified atom stereocenters. The van der Waals surface area contributed by atoms with Crippen LogP contribution in [0.25, 0.3) is 0 Å². The lowest BCUT2D eigenvalue weighted by atomic mass is 9.75. The smallest absolute Gasteiger partial charge is 0.0661 e. The molecule has 11 heavy (non-hydrogen) atoms. The molecule has 0 saturated heterocycles. The molecule has 1 rings (SSSR count). The first-order valence-corrected chi connectivity index (χ1v) is 4.10. The number of aliphatic hydroxyl groups excluding tert-OH is 1. The van der Waals surface area contributed by atoms with Crippen LogP contribution >= 0.6 is 0 Å². The molecule has 0 amide bonds. The quantitative estimate of drug-likeness (QED) is 0.607. The minimum absolute atomic E-state index is 0.0410. The van der Waals surface area contributed by atoms with Gasteiger partial charge in [-0.25, -0.2) is 0 Å². The molecule has 0 aromatic carbocycles. The molecule has 2 nitrogen and oxygen atoms in total. The summed E-state index contributed by atoms with van der Waals surface area (Å²) in [5.41, 5.74) is -0.0410. The Morgan fingerprint density at radius 1 is 1.73 bits per heavy atom. The number of rotatable bonds is 3. The zero-order valence-corrected chi connectivity index (χ0v) is 7.05. The molecule has 0 heterocycles. The fourth-order valence-electron chi connectivity index (χ4n) is 1.75. The second kappa shape index (κ2) is 3.59. The largest absolute Gasteiger partial charge is 0.396 e. The van der Waals surface area contributed by atoms with Gasteiger partial charge in [0.1, 0.15) is 0 Å². The Labute approximate surface area is 69.3 Å². The second-order valence-corrected chi connectivity index (χ2v) is 3.46. The Kier molecular flexibility index (Phi) is 2.96. The van der Waals surface area contributed by atoms with Crippen LogP contribution in [0.3, 0.4) is 0 Å². The molecule has 2 radical (unpaired) electrons. The molecule has 0 bridgehead atoms. The van der Waals surface area contributed by atoms with Crippen LogP contribution in [-0.4, -0.2) is 32.8 Å². The standard InChI is InChI=1S/C8H15BO2/c1-11-7-2-3-8(4-7,5-9)6-10/h7,10H,2-6H2,1H3/t7?,8-/m0/s1. The summed E-state index contributed by atoms with van der Waals surface area (Å²) in [5.74, 6) is 0. The van der Waals surface area contributed by atoms with Gasteiger partial charge in [-0.05, 0) is 24.7 Å². The fourth-order valence-corrected chi connectivity index (χ4v) is 1.75. The maximum absolute atomic E-state index is 9.09. The van der Waals surface area contributed by atoms with Gasteiger partial charge in [0.2, 0.25) is 0 Å². The molecule has 0 aromatic heterocycles. The summed E-state index contributed by atoms with van der Waals surface area (Å²) < 4.78 is 5.20. The van der Waals surface area contributed by atoms with Gasteiger partial charge in [0, 0.05) is 13.7 Å². The van der Waals surface area contributed by atoms with Crippen LogP contribution < -0.4 is 0 Å². The van der Waals surface area contributed by atoms with Crippen molar-refractivity contribution in [1.29, 1.82) is 0 Å². The Bertz CT molecular complexity index is 123. The van der Waals surface area contributed by atoms with Crippen molar-refractivity contribution in [3.8, 4) is 0 Å². The highest BCUT2D eigenvalue weighted by Crippen LogP contribution is 2.41. The van der Waals surface area contributed by atoms with E-state index in [9.17, 15) is 0 Å². The molecule has 1 N–H and O–H groups in total. The van der Waals surface area contributed by atoms with Crippen molar-refractivity contribution in [1.82, 2.24) is 0 Å². The SMILES string of the molecule is [B]C[C@]1(CO)CCC(OC)C1. The average Bonchev–Trinajstić information content (AvgIpc) is 2.49. The molecule has 1 saturated carbocycles. The van der Waals surface area contributed by atoms with E-state index in [-0.39, 0.29) is 12.0 Å². The van der Waals surface area contributed by atoms with Crippen LogP contribution in [0.2, 0.25) is 6.32 Å². The van der Waals surface area contributed by atoms with Crippen LogP contribution in [0.15, 0.2) is 0 Å². The van der Waals surface area contributed by atoms with E-state index in [1.165, 1.54) is 0 Å². The molecule has 0 aromatic rings. The molecule has 1 aliphatic carbocycles. The molecule has 0 spiro atoms. The van der Waals surface area contributed by atoms with Gasteiger partial charge in [0.15, 0.2) is 0 Å². The van der Waals surface area contributed by atoms with E-state index in [1.807, 2.05) is 0 Å². The minimum atomic E-state index is -0.0410. The first-order valence-electron chi connectivity index (χ1n) is 4.10. The van der Waals surface area contributed by atoms with Gasteiger partial charge in [-0.2, -0.15) is 0 Å². The fraction of sp³-hybridized carbons (Fsp3) is 1.00. The molecular formula is C8H15BO2. The molecular weight excluding hydrogens is 139 g/mol. The van der Waals surface area contributed by atoms with E-state index < -0.39 is 0 Å². The summed E-state index contributed by atoms with van der Waals surface area (Å²) in [5, 5.41) is 9.09. The molecule has 3 heteroatoms. The van der Waals surface area contributed by atoms with Crippen molar-refractivity contribution in [2.24, 2.45) is 5.41 Å². The van der Waals surface area contributed by atoms with Gasteiger partial charge in [-0.3, -0.25) is 0 Å². The van der Waals surface area contributed by atoms with E-state index in [0.717, 1.165) is 19.3 Å². The first kappa shape index (κ1) is 9.08. The highest BCUT2D eigenvalue weighted by molar-refractivity contribution is 6.09. The minimum Gasteiger partial charge on any atom is -0.396 e. The summed E-state index contributed by atoms with van der Waals surface area (Å²) in [6, 6.07) is 0. The second-order valence-electron chi connectivity index (χ2n) is 3.46. The summed E-state index contributed by atoms with van der Waals surface area (Å²) in [6.45, 7) is 0.198. The van der Waals surface area contributed by atoms with Crippen LogP contribution in [-0.2, 0) is 4.74 Å². The number of aliphatic hydroxyl groups is 1. The lowest BCUT2D eigenvalue weighted by molar-refractivity contribution is 0.0811. The lowest BCUT2D eigenvalue weighted by Crippen LogP contribution is -2.22. The Balaban J connectivity index is 2.48. The van der Waals surface area contributed by atoms with Crippen LogP contribution in [0.5, 0.6) is 0 Å². The van der Waals surface area contributed by atoms with Gasteiger partial charge < -0.3 is 9.84 Å². The van der Waals surface area contributed by atoms with E-state index in [0.29, 0.717) is 12.4 Å². The van der Waals surface area contributed by atoms with Crippen molar-refractivity contribution in [2.75, 3.05) is 13.7 Å². The predicted molar refractivity (Wildman–Crippen MR) is 44.7 cm³/mol. The lowest BCUT2D eigenvalue weighted by Gasteiger charge is -2.24. The highest BCUT2D eigenvalue weighted by atomic mass is 16.5. The van der Waals surface area contributed by atoms with Crippen molar-refractivity contribution in [3.63, 3.8) is 0 Å². The van der Waals surface area contributed by atoms with Crippen molar-refractivity contribution >= 4 is 7.85 Å². The third kappa shape index (κ3) is 1.77.